The van der Waals surface area contributed by atoms with Crippen molar-refractivity contribution in [3.05, 3.63) is 34.9 Å². The fraction of sp³-hybridized carbons (Fsp3) is 0.583. The maximum Gasteiger partial charge on any atom is 0.322 e. The summed E-state index contributed by atoms with van der Waals surface area (Å²) in [6.07, 6.45) is 7.84. The number of carboxylic acids is 1. The second-order valence-corrected chi connectivity index (χ2v) is 8.90. The quantitative estimate of drug-likeness (QED) is 0.218. The number of rotatable bonds is 7. The average Bonchev–Trinajstić information content (AvgIpc) is 2.60. The molecule has 1 N–H and O–H groups in total. The summed E-state index contributed by atoms with van der Waals surface area (Å²) in [5, 5.41) is 8.95. The van der Waals surface area contributed by atoms with Gasteiger partial charge in [-0.05, 0) is 64.2 Å². The fourth-order valence-corrected chi connectivity index (χ4v) is 4.65. The normalized spacial score (nSPS) is 22.0. The Bertz CT molecular complexity index is 821. The first-order valence-corrected chi connectivity index (χ1v) is 10.7. The summed E-state index contributed by atoms with van der Waals surface area (Å²) in [7, 11) is 0. The van der Waals surface area contributed by atoms with Gasteiger partial charge in [0.2, 0.25) is 0 Å². The molecule has 3 rings (SSSR count). The van der Waals surface area contributed by atoms with Crippen LogP contribution in [0, 0.1) is 5.92 Å². The number of benzene rings is 1. The number of fused-ring (bicyclic) bond motifs is 3. The SMILES string of the molecule is CCCCCc1cc(OC(=O)CC(=O)O)c2c(c1)OC(C)(C)[C@@H]1CCC(C)=CC21. The second kappa shape index (κ2) is 8.60. The van der Waals surface area contributed by atoms with E-state index in [1.807, 2.05) is 6.07 Å². The molecule has 0 bridgehead atoms. The molecule has 2 aliphatic rings. The zero-order chi connectivity index (χ0) is 21.2. The van der Waals surface area contributed by atoms with Crippen LogP contribution in [0.25, 0.3) is 0 Å². The van der Waals surface area contributed by atoms with Crippen molar-refractivity contribution in [3.63, 3.8) is 0 Å². The lowest BCUT2D eigenvalue weighted by molar-refractivity contribution is -0.145. The Kier molecular flexibility index (Phi) is 6.35. The van der Waals surface area contributed by atoms with Crippen LogP contribution in [0.1, 0.15) is 83.3 Å². The Hall–Kier alpha value is -2.30. The number of aliphatic carboxylic acids is 1. The van der Waals surface area contributed by atoms with Crippen LogP contribution in [-0.4, -0.2) is 22.6 Å². The summed E-state index contributed by atoms with van der Waals surface area (Å²) in [5.74, 6) is -0.345. The zero-order valence-electron chi connectivity index (χ0n) is 17.9. The van der Waals surface area contributed by atoms with Crippen LogP contribution < -0.4 is 9.47 Å². The van der Waals surface area contributed by atoms with Crippen LogP contribution >= 0.6 is 0 Å². The first-order valence-electron chi connectivity index (χ1n) is 10.7. The first kappa shape index (κ1) is 21.4. The topological polar surface area (TPSA) is 72.8 Å². The highest BCUT2D eigenvalue weighted by Crippen LogP contribution is 2.53. The van der Waals surface area contributed by atoms with Gasteiger partial charge in [0.15, 0.2) is 0 Å². The van der Waals surface area contributed by atoms with Crippen molar-refractivity contribution in [1.29, 1.82) is 0 Å². The van der Waals surface area contributed by atoms with Gasteiger partial charge < -0.3 is 14.6 Å². The molecular formula is C24H32O5. The molecule has 1 aliphatic heterocycles. The highest BCUT2D eigenvalue weighted by Gasteiger charge is 2.45. The molecule has 2 atom stereocenters. The molecule has 0 aromatic heterocycles. The lowest BCUT2D eigenvalue weighted by atomic mass is 9.68. The minimum atomic E-state index is -1.19. The standard InChI is InChI=1S/C24H32O5/c1-5-6-7-8-16-12-19(28-22(27)14-21(25)26)23-17-11-15(2)9-10-18(17)24(3,4)29-20(23)13-16/h11-13,17-18H,5-10,14H2,1-4H3,(H,25,26)/t17?,18-/m1/s1. The van der Waals surface area contributed by atoms with Crippen LogP contribution in [0.4, 0.5) is 0 Å². The van der Waals surface area contributed by atoms with Crippen LogP contribution in [0.3, 0.4) is 0 Å². The number of esters is 1. The van der Waals surface area contributed by atoms with E-state index >= 15 is 0 Å². The van der Waals surface area contributed by atoms with Crippen molar-refractivity contribution in [2.45, 2.75) is 84.2 Å². The summed E-state index contributed by atoms with van der Waals surface area (Å²) >= 11 is 0. The van der Waals surface area contributed by atoms with Crippen molar-refractivity contribution < 1.29 is 24.2 Å². The summed E-state index contributed by atoms with van der Waals surface area (Å²) in [5.41, 5.74) is 2.94. The molecule has 0 saturated carbocycles. The molecule has 1 unspecified atom stereocenters. The van der Waals surface area contributed by atoms with Gasteiger partial charge in [-0.15, -0.1) is 0 Å². The van der Waals surface area contributed by atoms with Crippen molar-refractivity contribution >= 4 is 11.9 Å². The van der Waals surface area contributed by atoms with Gasteiger partial charge in [-0.3, -0.25) is 9.59 Å². The average molecular weight is 401 g/mol. The van der Waals surface area contributed by atoms with E-state index in [2.05, 4.69) is 39.8 Å². The van der Waals surface area contributed by atoms with Gasteiger partial charge in [0.05, 0.1) is 0 Å². The number of unbranched alkanes of at least 4 members (excludes halogenated alkanes) is 2. The van der Waals surface area contributed by atoms with Crippen LogP contribution in [0.2, 0.25) is 0 Å². The number of carbonyl (C=O) groups is 2. The number of carboxylic acid groups (broad SMARTS) is 1. The van der Waals surface area contributed by atoms with E-state index in [1.165, 1.54) is 5.57 Å². The molecule has 1 aromatic carbocycles. The number of hydrogen-bond acceptors (Lipinski definition) is 4. The van der Waals surface area contributed by atoms with Crippen molar-refractivity contribution in [2.24, 2.45) is 5.92 Å². The van der Waals surface area contributed by atoms with Crippen LogP contribution in [0.15, 0.2) is 23.8 Å². The van der Waals surface area contributed by atoms with Crippen LogP contribution in [0.5, 0.6) is 11.5 Å². The number of hydrogen-bond donors (Lipinski definition) is 1. The van der Waals surface area contributed by atoms with Gasteiger partial charge in [0.1, 0.15) is 23.5 Å². The van der Waals surface area contributed by atoms with Gasteiger partial charge >= 0.3 is 11.9 Å². The summed E-state index contributed by atoms with van der Waals surface area (Å²) < 4.78 is 12.0. The second-order valence-electron chi connectivity index (χ2n) is 8.90. The van der Waals surface area contributed by atoms with Gasteiger partial charge in [0.25, 0.3) is 0 Å². The van der Waals surface area contributed by atoms with Crippen molar-refractivity contribution in [2.75, 3.05) is 0 Å². The molecule has 0 amide bonds. The lowest BCUT2D eigenvalue weighted by Gasteiger charge is -2.46. The number of allylic oxidation sites excluding steroid dienone is 2. The predicted molar refractivity (Wildman–Crippen MR) is 111 cm³/mol. The van der Waals surface area contributed by atoms with E-state index in [0.717, 1.165) is 55.4 Å². The highest BCUT2D eigenvalue weighted by atomic mass is 16.5. The Labute approximate surface area is 173 Å². The third-order valence-corrected chi connectivity index (χ3v) is 6.10. The number of aryl methyl sites for hydroxylation is 1. The zero-order valence-corrected chi connectivity index (χ0v) is 17.9. The number of carbonyl (C=O) groups excluding carboxylic acids is 1. The molecular weight excluding hydrogens is 368 g/mol. The first-order chi connectivity index (χ1) is 13.7. The monoisotopic (exact) mass is 400 g/mol. The lowest BCUT2D eigenvalue weighted by Crippen LogP contribution is -2.45. The molecule has 0 spiro atoms. The Morgan fingerprint density at radius 2 is 2.03 bits per heavy atom. The molecule has 0 saturated heterocycles. The van der Waals surface area contributed by atoms with Gasteiger partial charge in [-0.1, -0.05) is 31.4 Å². The minimum Gasteiger partial charge on any atom is -0.487 e. The van der Waals surface area contributed by atoms with Gasteiger partial charge in [-0.2, -0.15) is 0 Å². The maximum absolute atomic E-state index is 12.2. The Morgan fingerprint density at radius 3 is 2.72 bits per heavy atom. The largest absolute Gasteiger partial charge is 0.487 e. The van der Waals surface area contributed by atoms with E-state index in [0.29, 0.717) is 5.75 Å². The Balaban J connectivity index is 2.05. The molecule has 1 heterocycles. The third kappa shape index (κ3) is 4.82. The van der Waals surface area contributed by atoms with E-state index in [-0.39, 0.29) is 17.4 Å². The summed E-state index contributed by atoms with van der Waals surface area (Å²) in [4.78, 5) is 23.1. The number of ether oxygens (including phenoxy) is 2. The molecule has 1 aromatic rings. The molecule has 1 aliphatic carbocycles. The summed E-state index contributed by atoms with van der Waals surface area (Å²) in [6, 6.07) is 3.99. The van der Waals surface area contributed by atoms with E-state index in [9.17, 15) is 9.59 Å². The Morgan fingerprint density at radius 1 is 1.28 bits per heavy atom. The molecule has 158 valence electrons. The molecule has 29 heavy (non-hydrogen) atoms. The fourth-order valence-electron chi connectivity index (χ4n) is 4.65. The third-order valence-electron chi connectivity index (χ3n) is 6.10. The van der Waals surface area contributed by atoms with E-state index < -0.39 is 18.4 Å². The van der Waals surface area contributed by atoms with Crippen molar-refractivity contribution in [1.82, 2.24) is 0 Å². The van der Waals surface area contributed by atoms with Crippen LogP contribution in [-0.2, 0) is 16.0 Å². The minimum absolute atomic E-state index is 0.0971. The van der Waals surface area contributed by atoms with Gasteiger partial charge in [-0.25, -0.2) is 0 Å². The molecule has 0 fully saturated rings. The maximum atomic E-state index is 12.2. The molecule has 5 heteroatoms. The smallest absolute Gasteiger partial charge is 0.322 e. The van der Waals surface area contributed by atoms with Crippen molar-refractivity contribution in [3.8, 4) is 11.5 Å². The molecule has 0 radical (unpaired) electrons. The summed E-state index contributed by atoms with van der Waals surface area (Å²) in [6.45, 7) is 8.55. The molecule has 5 nitrogen and oxygen atoms in total. The highest BCUT2D eigenvalue weighted by molar-refractivity contribution is 5.91. The van der Waals surface area contributed by atoms with E-state index in [1.54, 1.807) is 0 Å². The van der Waals surface area contributed by atoms with Gasteiger partial charge in [0, 0.05) is 17.4 Å². The predicted octanol–water partition coefficient (Wildman–Crippen LogP) is 5.41. The van der Waals surface area contributed by atoms with E-state index in [4.69, 9.17) is 14.6 Å².